The summed E-state index contributed by atoms with van der Waals surface area (Å²) >= 11 is 0. The fraction of sp³-hybridized carbons (Fsp3) is 0.250. The van der Waals surface area contributed by atoms with Gasteiger partial charge in [-0.25, -0.2) is 4.31 Å². The van der Waals surface area contributed by atoms with Crippen molar-refractivity contribution in [2.75, 3.05) is 24.9 Å². The minimum absolute atomic E-state index is 0.0116. The zero-order chi connectivity index (χ0) is 21.7. The molecule has 0 aliphatic rings. The van der Waals surface area contributed by atoms with Crippen molar-refractivity contribution < 1.29 is 17.7 Å². The van der Waals surface area contributed by atoms with Crippen LogP contribution in [0.5, 0.6) is 0 Å². The molecule has 2 aromatic carbocycles. The van der Waals surface area contributed by atoms with Gasteiger partial charge < -0.3 is 9.84 Å². The molecule has 3 aromatic rings. The smallest absolute Gasteiger partial charge is 0.304 e. The Kier molecular flexibility index (Phi) is 6.48. The van der Waals surface area contributed by atoms with E-state index in [9.17, 15) is 13.2 Å². The normalized spacial score (nSPS) is 11.5. The van der Waals surface area contributed by atoms with Crippen molar-refractivity contribution in [3.63, 3.8) is 0 Å². The molecule has 1 amide bonds. The minimum atomic E-state index is -3.85. The minimum Gasteiger partial charge on any atom is -0.345 e. The number of benzene rings is 2. The fourth-order valence-corrected chi connectivity index (χ4v) is 3.75. The molecule has 0 fully saturated rings. The van der Waals surface area contributed by atoms with Crippen LogP contribution in [0, 0.1) is 6.92 Å². The fourth-order valence-electron chi connectivity index (χ4n) is 2.69. The van der Waals surface area contributed by atoms with Gasteiger partial charge in [-0.1, -0.05) is 47.1 Å². The first-order valence-corrected chi connectivity index (χ1v) is 10.6. The number of carbonyl (C=O) groups excluding carboxylic acids is 1. The van der Waals surface area contributed by atoms with Gasteiger partial charge in [0, 0.05) is 19.7 Å². The summed E-state index contributed by atoms with van der Waals surface area (Å²) in [7, 11) is -1.03. The Morgan fingerprint density at radius 3 is 2.50 bits per heavy atom. The van der Waals surface area contributed by atoms with Crippen LogP contribution in [0.4, 0.5) is 5.69 Å². The van der Waals surface area contributed by atoms with Crippen LogP contribution in [0.3, 0.4) is 0 Å². The lowest BCUT2D eigenvalue weighted by atomic mass is 10.1. The van der Waals surface area contributed by atoms with Crippen molar-refractivity contribution in [2.24, 2.45) is 0 Å². The summed E-state index contributed by atoms with van der Waals surface area (Å²) in [5.41, 5.74) is 2.26. The van der Waals surface area contributed by atoms with Gasteiger partial charge in [0.1, 0.15) is 6.54 Å². The molecular weight excluding hydrogens is 406 g/mol. The summed E-state index contributed by atoms with van der Waals surface area (Å²) in [6.07, 6.45) is 0. The van der Waals surface area contributed by atoms with Crippen molar-refractivity contribution in [3.8, 4) is 11.4 Å². The largest absolute Gasteiger partial charge is 0.345 e. The van der Waals surface area contributed by atoms with Gasteiger partial charge in [0.05, 0.1) is 12.2 Å². The highest BCUT2D eigenvalue weighted by Crippen LogP contribution is 2.19. The number of carbonyl (C=O) groups is 1. The number of para-hydroxylation sites is 1. The van der Waals surface area contributed by atoms with E-state index in [1.165, 1.54) is 14.1 Å². The maximum Gasteiger partial charge on any atom is 0.304 e. The molecule has 1 heterocycles. The highest BCUT2D eigenvalue weighted by atomic mass is 32.2. The summed E-state index contributed by atoms with van der Waals surface area (Å²) < 4.78 is 32.6. The van der Waals surface area contributed by atoms with E-state index in [1.54, 1.807) is 30.3 Å². The number of hydrogen-bond acceptors (Lipinski definition) is 6. The van der Waals surface area contributed by atoms with E-state index in [0.29, 0.717) is 11.5 Å². The van der Waals surface area contributed by atoms with Crippen LogP contribution in [0.15, 0.2) is 59.1 Å². The first kappa shape index (κ1) is 21.5. The third-order valence-electron chi connectivity index (χ3n) is 4.25. The van der Waals surface area contributed by atoms with Crippen molar-refractivity contribution in [2.45, 2.75) is 13.5 Å². The van der Waals surface area contributed by atoms with Gasteiger partial charge in [-0.2, -0.15) is 17.7 Å². The second kappa shape index (κ2) is 9.06. The van der Waals surface area contributed by atoms with E-state index in [4.69, 9.17) is 4.52 Å². The van der Waals surface area contributed by atoms with Crippen LogP contribution >= 0.6 is 0 Å². The van der Waals surface area contributed by atoms with Gasteiger partial charge in [-0.15, -0.1) is 0 Å². The molecule has 1 N–H and O–H groups in total. The second-order valence-corrected chi connectivity index (χ2v) is 8.86. The maximum atomic E-state index is 12.7. The molecule has 0 bridgehead atoms. The average molecular weight is 430 g/mol. The molecule has 0 radical (unpaired) electrons. The van der Waals surface area contributed by atoms with Crippen molar-refractivity contribution in [3.05, 3.63) is 66.1 Å². The summed E-state index contributed by atoms with van der Waals surface area (Å²) in [6.45, 7) is 1.57. The molecule has 9 nitrogen and oxygen atoms in total. The van der Waals surface area contributed by atoms with Crippen LogP contribution in [0.25, 0.3) is 11.4 Å². The second-order valence-electron chi connectivity index (χ2n) is 6.79. The van der Waals surface area contributed by atoms with Crippen LogP contribution < -0.4 is 9.62 Å². The number of nitrogens with one attached hydrogen (secondary N) is 1. The Morgan fingerprint density at radius 2 is 1.83 bits per heavy atom. The predicted octanol–water partition coefficient (Wildman–Crippen LogP) is 1.97. The highest BCUT2D eigenvalue weighted by molar-refractivity contribution is 7.90. The van der Waals surface area contributed by atoms with Gasteiger partial charge in [-0.3, -0.25) is 4.79 Å². The number of nitrogens with zero attached hydrogens (tertiary/aromatic N) is 4. The third kappa shape index (κ3) is 5.02. The lowest BCUT2D eigenvalue weighted by molar-refractivity contribution is -0.119. The molecule has 0 unspecified atom stereocenters. The molecule has 0 atom stereocenters. The number of rotatable bonds is 8. The number of amides is 1. The van der Waals surface area contributed by atoms with Gasteiger partial charge >= 0.3 is 10.2 Å². The average Bonchev–Trinajstić information content (AvgIpc) is 3.20. The van der Waals surface area contributed by atoms with Crippen molar-refractivity contribution in [1.82, 2.24) is 19.8 Å². The Bertz CT molecular complexity index is 1110. The summed E-state index contributed by atoms with van der Waals surface area (Å²) in [4.78, 5) is 16.7. The summed E-state index contributed by atoms with van der Waals surface area (Å²) in [6, 6.07) is 16.1. The van der Waals surface area contributed by atoms with E-state index in [2.05, 4.69) is 15.5 Å². The molecule has 0 aliphatic carbocycles. The molecule has 1 aromatic heterocycles. The van der Waals surface area contributed by atoms with Crippen molar-refractivity contribution >= 4 is 21.8 Å². The van der Waals surface area contributed by atoms with Crippen LogP contribution in [-0.4, -0.2) is 49.4 Å². The monoisotopic (exact) mass is 429 g/mol. The molecule has 0 spiro atoms. The van der Waals surface area contributed by atoms with E-state index in [0.717, 1.165) is 19.7 Å². The SMILES string of the molecule is Cc1cccc(-c2noc(CNC(=O)CN(c3ccccc3)S(=O)(=O)N(C)C)n2)c1. The number of anilines is 1. The Balaban J connectivity index is 1.68. The topological polar surface area (TPSA) is 109 Å². The molecule has 3 rings (SSSR count). The number of hydrogen-bond donors (Lipinski definition) is 1. The lowest BCUT2D eigenvalue weighted by Crippen LogP contribution is -2.45. The van der Waals surface area contributed by atoms with Crippen LogP contribution in [0.2, 0.25) is 0 Å². The molecular formula is C20H23N5O4S. The first-order valence-electron chi connectivity index (χ1n) is 9.19. The van der Waals surface area contributed by atoms with Gasteiger partial charge in [0.25, 0.3) is 0 Å². The Morgan fingerprint density at radius 1 is 1.10 bits per heavy atom. The lowest BCUT2D eigenvalue weighted by Gasteiger charge is -2.26. The molecule has 0 saturated heterocycles. The molecule has 158 valence electrons. The zero-order valence-corrected chi connectivity index (χ0v) is 17.8. The van der Waals surface area contributed by atoms with E-state index < -0.39 is 16.1 Å². The van der Waals surface area contributed by atoms with Crippen molar-refractivity contribution in [1.29, 1.82) is 0 Å². The first-order chi connectivity index (χ1) is 14.3. The quantitative estimate of drug-likeness (QED) is 0.586. The summed E-state index contributed by atoms with van der Waals surface area (Å²) in [5.74, 6) is 0.144. The van der Waals surface area contributed by atoms with Crippen LogP contribution in [-0.2, 0) is 21.5 Å². The maximum absolute atomic E-state index is 12.7. The molecule has 10 heteroatoms. The zero-order valence-electron chi connectivity index (χ0n) is 16.9. The Hall–Kier alpha value is -3.24. The van der Waals surface area contributed by atoms with Gasteiger partial charge in [0.15, 0.2) is 0 Å². The predicted molar refractivity (Wildman–Crippen MR) is 113 cm³/mol. The summed E-state index contributed by atoms with van der Waals surface area (Å²) in [5, 5.41) is 6.55. The van der Waals surface area contributed by atoms with E-state index >= 15 is 0 Å². The molecule has 30 heavy (non-hydrogen) atoms. The third-order valence-corrected chi connectivity index (χ3v) is 6.07. The van der Waals surface area contributed by atoms with Crippen LogP contribution in [0.1, 0.15) is 11.5 Å². The molecule has 0 aliphatic heterocycles. The Labute approximate surface area is 175 Å². The number of aromatic nitrogens is 2. The standard InChI is InChI=1S/C20H23N5O4S/c1-15-8-7-9-16(12-15)20-22-19(29-23-20)13-21-18(26)14-25(30(27,28)24(2)3)17-10-5-4-6-11-17/h4-12H,13-14H2,1-3H3,(H,21,26). The van der Waals surface area contributed by atoms with Gasteiger partial charge in [-0.05, 0) is 25.1 Å². The van der Waals surface area contributed by atoms with Gasteiger partial charge in [0.2, 0.25) is 17.6 Å². The van der Waals surface area contributed by atoms with E-state index in [-0.39, 0.29) is 19.0 Å². The molecule has 0 saturated carbocycles. The highest BCUT2D eigenvalue weighted by Gasteiger charge is 2.27. The van der Waals surface area contributed by atoms with E-state index in [1.807, 2.05) is 31.2 Å². The number of aryl methyl sites for hydroxylation is 1.